The predicted molar refractivity (Wildman–Crippen MR) is 93.3 cm³/mol. The number of ether oxygens (including phenoxy) is 1. The van der Waals surface area contributed by atoms with Crippen LogP contribution in [-0.4, -0.2) is 38.8 Å². The summed E-state index contributed by atoms with van der Waals surface area (Å²) >= 11 is 0. The van der Waals surface area contributed by atoms with Crippen LogP contribution in [-0.2, 0) is 20.2 Å². The Bertz CT molecular complexity index is 948. The minimum atomic E-state index is -0.109. The molecule has 3 aromatic rings. The second kappa shape index (κ2) is 6.22. The van der Waals surface area contributed by atoms with Crippen LogP contribution in [0.1, 0.15) is 21.6 Å². The van der Waals surface area contributed by atoms with Gasteiger partial charge < -0.3 is 14.7 Å². The minimum absolute atomic E-state index is 0.0356. The molecule has 1 aliphatic heterocycles. The van der Waals surface area contributed by atoms with E-state index in [2.05, 4.69) is 5.10 Å². The molecule has 0 atom stereocenters. The number of nitrogens with zero attached hydrogens (tertiary/aromatic N) is 3. The van der Waals surface area contributed by atoms with Gasteiger partial charge in [-0.1, -0.05) is 24.3 Å². The smallest absolute Gasteiger partial charge is 0.275 e. The first-order valence-corrected chi connectivity index (χ1v) is 8.24. The number of hydrogen-bond donors (Lipinski definition) is 1. The highest BCUT2D eigenvalue weighted by atomic mass is 16.5. The number of carbonyl (C=O) groups is 1. The van der Waals surface area contributed by atoms with Crippen molar-refractivity contribution in [2.75, 3.05) is 13.2 Å². The molecule has 0 saturated heterocycles. The van der Waals surface area contributed by atoms with Crippen LogP contribution in [0.2, 0.25) is 0 Å². The van der Waals surface area contributed by atoms with E-state index in [1.165, 1.54) is 0 Å². The molecule has 0 spiro atoms. The molecule has 0 saturated carbocycles. The van der Waals surface area contributed by atoms with Crippen molar-refractivity contribution in [3.05, 3.63) is 59.3 Å². The van der Waals surface area contributed by atoms with Gasteiger partial charge in [-0.05, 0) is 23.8 Å². The number of hydrogen-bond acceptors (Lipinski definition) is 4. The van der Waals surface area contributed by atoms with E-state index in [9.17, 15) is 9.90 Å². The fourth-order valence-corrected chi connectivity index (χ4v) is 3.24. The third-order valence-electron chi connectivity index (χ3n) is 4.54. The molecule has 2 aromatic carbocycles. The zero-order valence-electron chi connectivity index (χ0n) is 14.0. The summed E-state index contributed by atoms with van der Waals surface area (Å²) < 4.78 is 7.49. The fourth-order valence-electron chi connectivity index (χ4n) is 3.24. The Hall–Kier alpha value is -2.86. The number of fused-ring (bicyclic) bond motifs is 2. The number of aliphatic hydroxyl groups is 1. The second-order valence-electron chi connectivity index (χ2n) is 6.16. The van der Waals surface area contributed by atoms with E-state index in [1.807, 2.05) is 49.5 Å². The molecule has 0 radical (unpaired) electrons. The molecule has 0 aliphatic carbocycles. The lowest BCUT2D eigenvalue weighted by Crippen LogP contribution is -2.33. The molecule has 6 heteroatoms. The van der Waals surface area contributed by atoms with Crippen LogP contribution >= 0.6 is 0 Å². The highest BCUT2D eigenvalue weighted by Gasteiger charge is 2.25. The van der Waals surface area contributed by atoms with Crippen LogP contribution in [0.25, 0.3) is 10.9 Å². The Kier molecular flexibility index (Phi) is 3.89. The Labute approximate surface area is 145 Å². The van der Waals surface area contributed by atoms with E-state index >= 15 is 0 Å². The molecule has 128 valence electrons. The van der Waals surface area contributed by atoms with Gasteiger partial charge >= 0.3 is 0 Å². The van der Waals surface area contributed by atoms with Crippen LogP contribution in [0.5, 0.6) is 5.75 Å². The SMILES string of the molecule is Cn1nc(C(=O)N2CCOc3ccc(CO)cc3C2)c2ccccc21. The standard InChI is InChI=1S/C19H19N3O3/c1-21-16-5-3-2-4-15(16)18(20-21)19(24)22-8-9-25-17-7-6-13(12-23)10-14(17)11-22/h2-7,10,23H,8-9,11-12H2,1H3. The lowest BCUT2D eigenvalue weighted by Gasteiger charge is -2.19. The maximum Gasteiger partial charge on any atom is 0.275 e. The van der Waals surface area contributed by atoms with Gasteiger partial charge in [-0.3, -0.25) is 9.48 Å². The van der Waals surface area contributed by atoms with E-state index in [0.29, 0.717) is 25.4 Å². The highest BCUT2D eigenvalue weighted by molar-refractivity contribution is 6.04. The third-order valence-corrected chi connectivity index (χ3v) is 4.54. The van der Waals surface area contributed by atoms with Crippen LogP contribution < -0.4 is 4.74 Å². The summed E-state index contributed by atoms with van der Waals surface area (Å²) in [7, 11) is 1.84. The summed E-state index contributed by atoms with van der Waals surface area (Å²) in [6.07, 6.45) is 0. The lowest BCUT2D eigenvalue weighted by atomic mass is 10.1. The molecule has 0 unspecified atom stereocenters. The van der Waals surface area contributed by atoms with Crippen LogP contribution in [0, 0.1) is 0 Å². The average Bonchev–Trinajstić information content (AvgIpc) is 2.84. The van der Waals surface area contributed by atoms with Gasteiger partial charge in [0, 0.05) is 24.5 Å². The van der Waals surface area contributed by atoms with Gasteiger partial charge in [-0.2, -0.15) is 5.10 Å². The van der Waals surface area contributed by atoms with Crippen molar-refractivity contribution < 1.29 is 14.6 Å². The quantitative estimate of drug-likeness (QED) is 0.778. The number of aromatic nitrogens is 2. The molecule has 1 aliphatic rings. The van der Waals surface area contributed by atoms with Crippen molar-refractivity contribution in [1.82, 2.24) is 14.7 Å². The van der Waals surface area contributed by atoms with Crippen molar-refractivity contribution in [2.24, 2.45) is 7.05 Å². The van der Waals surface area contributed by atoms with Crippen molar-refractivity contribution in [3.8, 4) is 5.75 Å². The summed E-state index contributed by atoms with van der Waals surface area (Å²) in [5.41, 5.74) is 3.09. The van der Waals surface area contributed by atoms with E-state index in [0.717, 1.165) is 27.8 Å². The Morgan fingerprint density at radius 3 is 2.96 bits per heavy atom. The Morgan fingerprint density at radius 1 is 1.28 bits per heavy atom. The number of benzene rings is 2. The normalized spacial score (nSPS) is 14.1. The van der Waals surface area contributed by atoms with E-state index in [-0.39, 0.29) is 12.5 Å². The number of aryl methyl sites for hydroxylation is 1. The molecular formula is C19H19N3O3. The highest BCUT2D eigenvalue weighted by Crippen LogP contribution is 2.26. The van der Waals surface area contributed by atoms with Gasteiger partial charge in [0.05, 0.1) is 18.7 Å². The number of rotatable bonds is 2. The number of para-hydroxylation sites is 1. The van der Waals surface area contributed by atoms with Crippen molar-refractivity contribution in [3.63, 3.8) is 0 Å². The molecule has 0 bridgehead atoms. The van der Waals surface area contributed by atoms with Crippen LogP contribution in [0.4, 0.5) is 0 Å². The molecule has 0 fully saturated rings. The first kappa shape index (κ1) is 15.7. The summed E-state index contributed by atoms with van der Waals surface area (Å²) in [6.45, 7) is 1.33. The van der Waals surface area contributed by atoms with Crippen molar-refractivity contribution >= 4 is 16.8 Å². The zero-order chi connectivity index (χ0) is 17.4. The largest absolute Gasteiger partial charge is 0.491 e. The fraction of sp³-hybridized carbons (Fsp3) is 0.263. The third kappa shape index (κ3) is 2.74. The summed E-state index contributed by atoms with van der Waals surface area (Å²) in [4.78, 5) is 14.8. The maximum atomic E-state index is 13.1. The van der Waals surface area contributed by atoms with Crippen molar-refractivity contribution in [2.45, 2.75) is 13.2 Å². The molecule has 1 aromatic heterocycles. The molecule has 2 heterocycles. The van der Waals surface area contributed by atoms with E-state index in [4.69, 9.17) is 4.74 Å². The average molecular weight is 337 g/mol. The lowest BCUT2D eigenvalue weighted by molar-refractivity contribution is 0.0728. The second-order valence-corrected chi connectivity index (χ2v) is 6.16. The summed E-state index contributed by atoms with van der Waals surface area (Å²) in [5, 5.41) is 14.6. The summed E-state index contributed by atoms with van der Waals surface area (Å²) in [6, 6.07) is 13.3. The van der Waals surface area contributed by atoms with E-state index in [1.54, 1.807) is 9.58 Å². The first-order valence-electron chi connectivity index (χ1n) is 8.24. The Balaban J connectivity index is 1.69. The molecule has 6 nitrogen and oxygen atoms in total. The number of aliphatic hydroxyl groups excluding tert-OH is 1. The van der Waals surface area contributed by atoms with Crippen LogP contribution in [0.3, 0.4) is 0 Å². The molecule has 1 amide bonds. The van der Waals surface area contributed by atoms with Gasteiger partial charge in [0.15, 0.2) is 5.69 Å². The topological polar surface area (TPSA) is 67.6 Å². The molecule has 1 N–H and O–H groups in total. The van der Waals surface area contributed by atoms with Gasteiger partial charge in [-0.15, -0.1) is 0 Å². The predicted octanol–water partition coefficient (Wildman–Crippen LogP) is 2.10. The zero-order valence-corrected chi connectivity index (χ0v) is 14.0. The van der Waals surface area contributed by atoms with Crippen molar-refractivity contribution in [1.29, 1.82) is 0 Å². The van der Waals surface area contributed by atoms with E-state index < -0.39 is 0 Å². The monoisotopic (exact) mass is 337 g/mol. The number of carbonyl (C=O) groups excluding carboxylic acids is 1. The van der Waals surface area contributed by atoms with Gasteiger partial charge in [0.1, 0.15) is 12.4 Å². The van der Waals surface area contributed by atoms with Crippen LogP contribution in [0.15, 0.2) is 42.5 Å². The molecular weight excluding hydrogens is 318 g/mol. The van der Waals surface area contributed by atoms with Gasteiger partial charge in [0.2, 0.25) is 0 Å². The Morgan fingerprint density at radius 2 is 2.12 bits per heavy atom. The first-order chi connectivity index (χ1) is 12.2. The van der Waals surface area contributed by atoms with Gasteiger partial charge in [0.25, 0.3) is 5.91 Å². The molecule has 25 heavy (non-hydrogen) atoms. The molecule has 4 rings (SSSR count). The maximum absolute atomic E-state index is 13.1. The summed E-state index contributed by atoms with van der Waals surface area (Å²) in [5.74, 6) is 0.654. The van der Waals surface area contributed by atoms with Gasteiger partial charge in [-0.25, -0.2) is 0 Å². The number of amides is 1. The minimum Gasteiger partial charge on any atom is -0.491 e.